The molecule has 32 heavy (non-hydrogen) atoms. The number of allylic oxidation sites excluding steroid dienone is 3. The van der Waals surface area contributed by atoms with Gasteiger partial charge in [0.1, 0.15) is 11.6 Å². The van der Waals surface area contributed by atoms with Crippen molar-refractivity contribution in [1.29, 1.82) is 0 Å². The second-order valence-corrected chi connectivity index (χ2v) is 8.48. The van der Waals surface area contributed by atoms with Gasteiger partial charge in [0.05, 0.1) is 17.0 Å². The molecule has 1 aliphatic rings. The molecule has 4 rings (SSSR count). The first-order valence-corrected chi connectivity index (χ1v) is 10.5. The van der Waals surface area contributed by atoms with Gasteiger partial charge in [-0.3, -0.25) is 0 Å². The van der Waals surface area contributed by atoms with Crippen molar-refractivity contribution < 1.29 is 8.78 Å². The molecule has 0 fully saturated rings. The fraction of sp³-hybridized carbons (Fsp3) is 0.292. The fourth-order valence-electron chi connectivity index (χ4n) is 4.17. The van der Waals surface area contributed by atoms with E-state index in [1.165, 1.54) is 18.2 Å². The van der Waals surface area contributed by atoms with Crippen molar-refractivity contribution >= 4 is 5.70 Å². The van der Waals surface area contributed by atoms with Gasteiger partial charge in [0, 0.05) is 29.2 Å². The largest absolute Gasteiger partial charge is 0.401 e. The molecule has 8 heteroatoms. The molecule has 4 N–H and O–H groups in total. The standard InChI is InChI=1S/C24H26F2N6/c1-14-7-10-24(3,20-8-11-29-23(30-20)32-12-9-15(2)31-32)22(28)16(14)13-19(27)21-17(25)5-4-6-18(21)26/h4-6,8-9,11-14H,7,10,27-28H2,1-3H3/b19-13-. The SMILES string of the molecule is Cc1ccn(-c2nccc(C3(C)CCC(C)C(/C=C(\N)c4c(F)cccc4F)=C3N)n2)n1. The molecule has 0 aliphatic heterocycles. The zero-order chi connectivity index (χ0) is 23.0. The average Bonchev–Trinajstić information content (AvgIpc) is 3.20. The van der Waals surface area contributed by atoms with Gasteiger partial charge in [0.2, 0.25) is 0 Å². The first kappa shape index (κ1) is 21.7. The number of halogens is 2. The Morgan fingerprint density at radius 3 is 2.59 bits per heavy atom. The normalized spacial score (nSPS) is 21.8. The molecule has 2 aromatic heterocycles. The highest BCUT2D eigenvalue weighted by molar-refractivity contribution is 5.67. The molecule has 0 spiro atoms. The summed E-state index contributed by atoms with van der Waals surface area (Å²) in [6.45, 7) is 5.94. The molecule has 2 unspecified atom stereocenters. The van der Waals surface area contributed by atoms with Gasteiger partial charge in [-0.25, -0.2) is 23.4 Å². The molecule has 166 valence electrons. The maximum absolute atomic E-state index is 14.2. The van der Waals surface area contributed by atoms with Crippen LogP contribution in [-0.4, -0.2) is 19.7 Å². The van der Waals surface area contributed by atoms with E-state index < -0.39 is 17.0 Å². The molecule has 2 atom stereocenters. The summed E-state index contributed by atoms with van der Waals surface area (Å²) in [5.74, 6) is -0.891. The first-order chi connectivity index (χ1) is 15.2. The van der Waals surface area contributed by atoms with Crippen molar-refractivity contribution in [3.63, 3.8) is 0 Å². The molecule has 0 bridgehead atoms. The highest BCUT2D eigenvalue weighted by Gasteiger charge is 2.38. The van der Waals surface area contributed by atoms with Gasteiger partial charge in [-0.2, -0.15) is 5.10 Å². The third kappa shape index (κ3) is 3.77. The molecule has 0 radical (unpaired) electrons. The molecule has 1 aliphatic carbocycles. The van der Waals surface area contributed by atoms with E-state index in [9.17, 15) is 8.78 Å². The van der Waals surface area contributed by atoms with Crippen molar-refractivity contribution in [2.24, 2.45) is 17.4 Å². The van der Waals surface area contributed by atoms with Crippen LogP contribution in [0, 0.1) is 24.5 Å². The lowest BCUT2D eigenvalue weighted by atomic mass is 9.69. The van der Waals surface area contributed by atoms with E-state index in [0.29, 0.717) is 11.6 Å². The minimum absolute atomic E-state index is 0.00467. The number of rotatable bonds is 4. The minimum Gasteiger partial charge on any atom is -0.401 e. The maximum Gasteiger partial charge on any atom is 0.250 e. The summed E-state index contributed by atoms with van der Waals surface area (Å²) >= 11 is 0. The monoisotopic (exact) mass is 436 g/mol. The van der Waals surface area contributed by atoms with Crippen LogP contribution < -0.4 is 11.5 Å². The van der Waals surface area contributed by atoms with Gasteiger partial charge in [-0.05, 0) is 68.5 Å². The Morgan fingerprint density at radius 2 is 1.94 bits per heavy atom. The lowest BCUT2D eigenvalue weighted by Gasteiger charge is -2.38. The van der Waals surface area contributed by atoms with Crippen molar-refractivity contribution in [1.82, 2.24) is 19.7 Å². The Bertz CT molecular complexity index is 1210. The maximum atomic E-state index is 14.2. The molecule has 0 amide bonds. The number of aryl methyl sites for hydroxylation is 1. The van der Waals surface area contributed by atoms with Crippen LogP contribution in [0.2, 0.25) is 0 Å². The van der Waals surface area contributed by atoms with E-state index in [4.69, 9.17) is 16.5 Å². The van der Waals surface area contributed by atoms with E-state index in [1.807, 2.05) is 32.9 Å². The summed E-state index contributed by atoms with van der Waals surface area (Å²) in [6.07, 6.45) is 6.66. The molecule has 6 nitrogen and oxygen atoms in total. The zero-order valence-corrected chi connectivity index (χ0v) is 18.3. The first-order valence-electron chi connectivity index (χ1n) is 10.5. The summed E-state index contributed by atoms with van der Waals surface area (Å²) in [6, 6.07) is 7.39. The van der Waals surface area contributed by atoms with Crippen LogP contribution in [-0.2, 0) is 5.41 Å². The van der Waals surface area contributed by atoms with Gasteiger partial charge in [0.15, 0.2) is 0 Å². The van der Waals surface area contributed by atoms with Crippen molar-refractivity contribution in [3.8, 4) is 5.95 Å². The lowest BCUT2D eigenvalue weighted by Crippen LogP contribution is -2.37. The van der Waals surface area contributed by atoms with Crippen molar-refractivity contribution in [2.45, 2.75) is 39.0 Å². The Morgan fingerprint density at radius 1 is 1.22 bits per heavy atom. The number of aromatic nitrogens is 4. The van der Waals surface area contributed by atoms with Gasteiger partial charge >= 0.3 is 0 Å². The van der Waals surface area contributed by atoms with E-state index in [1.54, 1.807) is 23.2 Å². The Balaban J connectivity index is 1.79. The van der Waals surface area contributed by atoms with Crippen LogP contribution in [0.25, 0.3) is 11.6 Å². The van der Waals surface area contributed by atoms with Gasteiger partial charge in [-0.15, -0.1) is 0 Å². The Hall–Kier alpha value is -3.55. The Labute approximate surface area is 185 Å². The molecule has 0 saturated heterocycles. The van der Waals surface area contributed by atoms with E-state index in [-0.39, 0.29) is 17.2 Å². The predicted molar refractivity (Wildman–Crippen MR) is 119 cm³/mol. The van der Waals surface area contributed by atoms with Crippen molar-refractivity contribution in [3.05, 3.63) is 88.7 Å². The van der Waals surface area contributed by atoms with Gasteiger partial charge in [0.25, 0.3) is 5.95 Å². The van der Waals surface area contributed by atoms with Crippen LogP contribution >= 0.6 is 0 Å². The summed E-state index contributed by atoms with van der Waals surface area (Å²) in [5, 5.41) is 4.38. The van der Waals surface area contributed by atoms with E-state index >= 15 is 0 Å². The van der Waals surface area contributed by atoms with Crippen LogP contribution in [0.3, 0.4) is 0 Å². The minimum atomic E-state index is -0.709. The van der Waals surface area contributed by atoms with E-state index in [2.05, 4.69) is 10.1 Å². The summed E-state index contributed by atoms with van der Waals surface area (Å²) < 4.78 is 30.1. The number of hydrogen-bond acceptors (Lipinski definition) is 5. The van der Waals surface area contributed by atoms with Crippen LogP contribution in [0.4, 0.5) is 8.78 Å². The zero-order valence-electron chi connectivity index (χ0n) is 18.3. The lowest BCUT2D eigenvalue weighted by molar-refractivity contribution is 0.392. The summed E-state index contributed by atoms with van der Waals surface area (Å²) in [5.41, 5.74) is 14.9. The summed E-state index contributed by atoms with van der Waals surface area (Å²) in [4.78, 5) is 9.06. The van der Waals surface area contributed by atoms with Crippen LogP contribution in [0.1, 0.15) is 43.6 Å². The quantitative estimate of drug-likeness (QED) is 0.641. The molecular formula is C24H26F2N6. The molecule has 1 aromatic carbocycles. The molecular weight excluding hydrogens is 410 g/mol. The third-order valence-electron chi connectivity index (χ3n) is 6.21. The van der Waals surface area contributed by atoms with E-state index in [0.717, 1.165) is 29.8 Å². The Kier molecular flexibility index (Phi) is 5.54. The van der Waals surface area contributed by atoms with Gasteiger partial charge in [-0.1, -0.05) is 13.0 Å². The highest BCUT2D eigenvalue weighted by Crippen LogP contribution is 2.43. The number of nitrogens with zero attached hydrogens (tertiary/aromatic N) is 4. The summed E-state index contributed by atoms with van der Waals surface area (Å²) in [7, 11) is 0. The topological polar surface area (TPSA) is 95.6 Å². The number of hydrogen-bond donors (Lipinski definition) is 2. The van der Waals surface area contributed by atoms with Crippen LogP contribution in [0.15, 0.2) is 60.1 Å². The highest BCUT2D eigenvalue weighted by atomic mass is 19.1. The average molecular weight is 437 g/mol. The number of nitrogens with two attached hydrogens (primary N) is 2. The van der Waals surface area contributed by atoms with Crippen LogP contribution in [0.5, 0.6) is 0 Å². The second-order valence-electron chi connectivity index (χ2n) is 8.48. The van der Waals surface area contributed by atoms with Crippen molar-refractivity contribution in [2.75, 3.05) is 0 Å². The number of benzene rings is 1. The third-order valence-corrected chi connectivity index (χ3v) is 6.21. The molecule has 3 aromatic rings. The fourth-order valence-corrected chi connectivity index (χ4v) is 4.17. The predicted octanol–water partition coefficient (Wildman–Crippen LogP) is 4.15. The molecule has 0 saturated carbocycles. The smallest absolute Gasteiger partial charge is 0.250 e. The molecule has 2 heterocycles. The van der Waals surface area contributed by atoms with Gasteiger partial charge < -0.3 is 11.5 Å². The second kappa shape index (κ2) is 8.18.